The molecule has 3 nitrogen and oxygen atoms in total. The number of halogens is 3. The molecule has 0 aliphatic carbocycles. The van der Waals surface area contributed by atoms with E-state index >= 15 is 0 Å². The molecule has 0 spiro atoms. The number of carbonyl (C=O) groups excluding carboxylic acids is 1. The molecule has 2 aromatic rings. The van der Waals surface area contributed by atoms with Gasteiger partial charge in [0.2, 0.25) is 0 Å². The number of nitrogen functional groups attached to an aromatic ring is 1. The molecule has 6 heteroatoms. The summed E-state index contributed by atoms with van der Waals surface area (Å²) in [6, 6.07) is 6.21. The lowest BCUT2D eigenvalue weighted by molar-refractivity contribution is 0.102. The Kier molecular flexibility index (Phi) is 3.65. The molecular formula is C14H11F3N2O. The molecule has 2 aromatic carbocycles. The third-order valence-corrected chi connectivity index (χ3v) is 2.70. The molecule has 0 fully saturated rings. The molecule has 0 atom stereocenters. The van der Waals surface area contributed by atoms with E-state index in [9.17, 15) is 18.0 Å². The van der Waals surface area contributed by atoms with Crippen LogP contribution in [0.1, 0.15) is 15.9 Å². The van der Waals surface area contributed by atoms with Gasteiger partial charge in [0, 0.05) is 5.56 Å². The maximum absolute atomic E-state index is 13.1. The first-order valence-corrected chi connectivity index (χ1v) is 5.70. The van der Waals surface area contributed by atoms with Crippen LogP contribution in [0.5, 0.6) is 0 Å². The number of benzene rings is 2. The van der Waals surface area contributed by atoms with Gasteiger partial charge in [-0.2, -0.15) is 0 Å². The fourth-order valence-corrected chi connectivity index (χ4v) is 1.66. The van der Waals surface area contributed by atoms with E-state index in [0.717, 1.165) is 5.56 Å². The highest BCUT2D eigenvalue weighted by atomic mass is 19.2. The zero-order chi connectivity index (χ0) is 14.9. The normalized spacial score (nSPS) is 10.4. The third kappa shape index (κ3) is 2.74. The van der Waals surface area contributed by atoms with Gasteiger partial charge in [0.1, 0.15) is 0 Å². The molecule has 0 aliphatic heterocycles. The van der Waals surface area contributed by atoms with Crippen molar-refractivity contribution in [3.63, 3.8) is 0 Å². The summed E-state index contributed by atoms with van der Waals surface area (Å²) in [5.74, 6) is -5.24. The van der Waals surface area contributed by atoms with Crippen LogP contribution in [0.4, 0.5) is 24.5 Å². The predicted octanol–water partition coefficient (Wildman–Crippen LogP) is 3.25. The van der Waals surface area contributed by atoms with E-state index in [1.54, 1.807) is 25.1 Å². The first-order valence-electron chi connectivity index (χ1n) is 5.70. The molecule has 0 unspecified atom stereocenters. The van der Waals surface area contributed by atoms with Gasteiger partial charge >= 0.3 is 0 Å². The molecule has 0 aliphatic rings. The maximum atomic E-state index is 13.1. The zero-order valence-electron chi connectivity index (χ0n) is 10.5. The Morgan fingerprint density at radius 3 is 2.30 bits per heavy atom. The van der Waals surface area contributed by atoms with E-state index in [1.165, 1.54) is 0 Å². The highest BCUT2D eigenvalue weighted by Gasteiger charge is 2.15. The first kappa shape index (κ1) is 13.9. The molecule has 0 heterocycles. The van der Waals surface area contributed by atoms with E-state index in [1.807, 2.05) is 0 Å². The highest BCUT2D eigenvalue weighted by molar-refractivity contribution is 6.05. The number of nitrogens with one attached hydrogen (secondary N) is 1. The molecule has 2 rings (SSSR count). The molecule has 104 valence electrons. The Morgan fingerprint density at radius 2 is 1.70 bits per heavy atom. The van der Waals surface area contributed by atoms with Crippen molar-refractivity contribution in [3.05, 3.63) is 58.9 Å². The summed E-state index contributed by atoms with van der Waals surface area (Å²) >= 11 is 0. The smallest absolute Gasteiger partial charge is 0.255 e. The van der Waals surface area contributed by atoms with E-state index in [2.05, 4.69) is 5.32 Å². The minimum Gasteiger partial charge on any atom is -0.397 e. The molecule has 0 radical (unpaired) electrons. The van der Waals surface area contributed by atoms with Gasteiger partial charge in [-0.25, -0.2) is 13.2 Å². The lowest BCUT2D eigenvalue weighted by Gasteiger charge is -2.09. The molecule has 0 bridgehead atoms. The van der Waals surface area contributed by atoms with Gasteiger partial charge in [0.25, 0.3) is 5.91 Å². The van der Waals surface area contributed by atoms with Crippen molar-refractivity contribution in [2.75, 3.05) is 11.1 Å². The van der Waals surface area contributed by atoms with Crippen LogP contribution < -0.4 is 11.1 Å². The van der Waals surface area contributed by atoms with Crippen molar-refractivity contribution >= 4 is 17.3 Å². The molecule has 0 saturated heterocycles. The zero-order valence-corrected chi connectivity index (χ0v) is 10.5. The molecule has 1 amide bonds. The van der Waals surface area contributed by atoms with E-state index < -0.39 is 23.4 Å². The topological polar surface area (TPSA) is 55.1 Å². The number of hydrogen-bond acceptors (Lipinski definition) is 2. The largest absolute Gasteiger partial charge is 0.397 e. The van der Waals surface area contributed by atoms with E-state index in [4.69, 9.17) is 5.73 Å². The average Bonchev–Trinajstić information content (AvgIpc) is 2.39. The van der Waals surface area contributed by atoms with Crippen LogP contribution in [0.15, 0.2) is 30.3 Å². The summed E-state index contributed by atoms with van der Waals surface area (Å²) in [6.45, 7) is 1.80. The average molecular weight is 280 g/mol. The van der Waals surface area contributed by atoms with Crippen molar-refractivity contribution in [2.45, 2.75) is 6.92 Å². The number of amides is 1. The number of aryl methyl sites for hydroxylation is 1. The summed E-state index contributed by atoms with van der Waals surface area (Å²) < 4.78 is 38.9. The van der Waals surface area contributed by atoms with Gasteiger partial charge in [-0.05, 0) is 36.8 Å². The van der Waals surface area contributed by atoms with Crippen molar-refractivity contribution in [1.29, 1.82) is 0 Å². The van der Waals surface area contributed by atoms with Crippen LogP contribution in [0.25, 0.3) is 0 Å². The first-order chi connectivity index (χ1) is 9.38. The van der Waals surface area contributed by atoms with Crippen molar-refractivity contribution in [2.24, 2.45) is 0 Å². The van der Waals surface area contributed by atoms with E-state index in [-0.39, 0.29) is 5.56 Å². The minimum absolute atomic E-state index is 0.312. The Balaban J connectivity index is 2.31. The molecule has 20 heavy (non-hydrogen) atoms. The Hall–Kier alpha value is -2.50. The summed E-state index contributed by atoms with van der Waals surface area (Å²) in [5.41, 5.74) is 6.83. The molecule has 0 saturated carbocycles. The maximum Gasteiger partial charge on any atom is 0.255 e. The van der Waals surface area contributed by atoms with Crippen molar-refractivity contribution in [1.82, 2.24) is 0 Å². The molecule has 0 aromatic heterocycles. The van der Waals surface area contributed by atoms with Gasteiger partial charge in [-0.3, -0.25) is 4.79 Å². The fourth-order valence-electron chi connectivity index (χ4n) is 1.66. The van der Waals surface area contributed by atoms with E-state index in [0.29, 0.717) is 23.5 Å². The SMILES string of the molecule is Cc1ccc(N)c(NC(=O)c2cc(F)c(F)c(F)c2)c1. The van der Waals surface area contributed by atoms with Crippen molar-refractivity contribution in [3.8, 4) is 0 Å². The second-order valence-electron chi connectivity index (χ2n) is 4.30. The van der Waals surface area contributed by atoms with Crippen LogP contribution in [-0.2, 0) is 0 Å². The lowest BCUT2D eigenvalue weighted by atomic mass is 10.1. The predicted molar refractivity (Wildman–Crippen MR) is 69.9 cm³/mol. The van der Waals surface area contributed by atoms with Gasteiger partial charge in [-0.1, -0.05) is 6.07 Å². The van der Waals surface area contributed by atoms with Crippen LogP contribution in [0.2, 0.25) is 0 Å². The second kappa shape index (κ2) is 5.24. The number of hydrogen-bond donors (Lipinski definition) is 2. The quantitative estimate of drug-likeness (QED) is 0.655. The molecule has 3 N–H and O–H groups in total. The Labute approximate surface area is 113 Å². The Bertz CT molecular complexity index is 663. The van der Waals surface area contributed by atoms with Crippen LogP contribution in [0.3, 0.4) is 0 Å². The van der Waals surface area contributed by atoms with Crippen LogP contribution in [0, 0.1) is 24.4 Å². The second-order valence-corrected chi connectivity index (χ2v) is 4.30. The van der Waals surface area contributed by atoms with Crippen LogP contribution in [-0.4, -0.2) is 5.91 Å². The summed E-state index contributed by atoms with van der Waals surface area (Å²) in [4.78, 5) is 11.9. The fraction of sp³-hybridized carbons (Fsp3) is 0.0714. The van der Waals surface area contributed by atoms with Crippen LogP contribution >= 0.6 is 0 Å². The standard InChI is InChI=1S/C14H11F3N2O/c1-7-2-3-11(18)12(4-7)19-14(20)8-5-9(15)13(17)10(16)6-8/h2-6H,18H2,1H3,(H,19,20). The van der Waals surface area contributed by atoms with Gasteiger partial charge in [-0.15, -0.1) is 0 Å². The number of anilines is 2. The third-order valence-electron chi connectivity index (χ3n) is 2.70. The lowest BCUT2D eigenvalue weighted by Crippen LogP contribution is -2.14. The van der Waals surface area contributed by atoms with Gasteiger partial charge in [0.15, 0.2) is 17.5 Å². The number of carbonyl (C=O) groups is 1. The van der Waals surface area contributed by atoms with Crippen molar-refractivity contribution < 1.29 is 18.0 Å². The molecular weight excluding hydrogens is 269 g/mol. The number of nitrogens with two attached hydrogens (primary N) is 1. The van der Waals surface area contributed by atoms with Gasteiger partial charge in [0.05, 0.1) is 11.4 Å². The Morgan fingerprint density at radius 1 is 1.10 bits per heavy atom. The summed E-state index contributed by atoms with van der Waals surface area (Å²) in [6.07, 6.45) is 0. The highest BCUT2D eigenvalue weighted by Crippen LogP contribution is 2.21. The summed E-state index contributed by atoms with van der Waals surface area (Å²) in [5, 5.41) is 2.42. The summed E-state index contributed by atoms with van der Waals surface area (Å²) in [7, 11) is 0. The monoisotopic (exact) mass is 280 g/mol. The number of rotatable bonds is 2. The minimum atomic E-state index is -1.61. The van der Waals surface area contributed by atoms with Gasteiger partial charge < -0.3 is 11.1 Å².